The van der Waals surface area contributed by atoms with Crippen LogP contribution in [0.4, 0.5) is 17.2 Å². The van der Waals surface area contributed by atoms with E-state index in [1.54, 1.807) is 6.33 Å². The van der Waals surface area contributed by atoms with Crippen molar-refractivity contribution in [2.75, 3.05) is 68.2 Å². The smallest absolute Gasteiger partial charge is 0.223 e. The summed E-state index contributed by atoms with van der Waals surface area (Å²) in [6, 6.07) is 8.30. The molecule has 2 aromatic rings. The summed E-state index contributed by atoms with van der Waals surface area (Å²) >= 11 is 0. The quantitative estimate of drug-likeness (QED) is 0.759. The predicted octanol–water partition coefficient (Wildman–Crippen LogP) is 1.91. The zero-order valence-corrected chi connectivity index (χ0v) is 18.5. The number of ether oxygens (including phenoxy) is 1. The molecule has 31 heavy (non-hydrogen) atoms. The Labute approximate surface area is 184 Å². The Balaban J connectivity index is 1.30. The van der Waals surface area contributed by atoms with Gasteiger partial charge in [-0.15, -0.1) is 0 Å². The standard InChI is InChI=1S/C23H32N6O2/c1-27(2)20-5-3-18(4-6-20)15-25-23(30)19-7-9-28(10-8-19)21-16-24-17-26-22(21)29-11-13-31-14-12-29/h3-6,16-17,19H,7-15H2,1-2H3,(H,25,30). The van der Waals surface area contributed by atoms with Crippen LogP contribution in [0.1, 0.15) is 18.4 Å². The average molecular weight is 425 g/mol. The number of nitrogens with zero attached hydrogens (tertiary/aromatic N) is 5. The Morgan fingerprint density at radius 1 is 1.10 bits per heavy atom. The van der Waals surface area contributed by atoms with Crippen LogP contribution in [-0.2, 0) is 16.1 Å². The van der Waals surface area contributed by atoms with Crippen LogP contribution in [0, 0.1) is 5.92 Å². The Hall–Kier alpha value is -2.87. The maximum Gasteiger partial charge on any atom is 0.223 e. The van der Waals surface area contributed by atoms with Crippen molar-refractivity contribution in [2.45, 2.75) is 19.4 Å². The molecule has 2 fully saturated rings. The average Bonchev–Trinajstić information content (AvgIpc) is 2.83. The number of piperidine rings is 1. The molecule has 2 saturated heterocycles. The van der Waals surface area contributed by atoms with Gasteiger partial charge in [0, 0.05) is 58.4 Å². The van der Waals surface area contributed by atoms with Crippen LogP contribution in [0.25, 0.3) is 0 Å². The summed E-state index contributed by atoms with van der Waals surface area (Å²) in [5, 5.41) is 3.12. The molecule has 1 aromatic heterocycles. The van der Waals surface area contributed by atoms with E-state index < -0.39 is 0 Å². The molecule has 8 heteroatoms. The van der Waals surface area contributed by atoms with Crippen molar-refractivity contribution in [3.8, 4) is 0 Å². The number of hydrogen-bond donors (Lipinski definition) is 1. The fourth-order valence-corrected chi connectivity index (χ4v) is 4.19. The van der Waals surface area contributed by atoms with Crippen LogP contribution in [0.3, 0.4) is 0 Å². The van der Waals surface area contributed by atoms with Gasteiger partial charge in [0.1, 0.15) is 6.33 Å². The number of benzene rings is 1. The lowest BCUT2D eigenvalue weighted by Gasteiger charge is -2.36. The second kappa shape index (κ2) is 9.96. The zero-order chi connectivity index (χ0) is 21.6. The monoisotopic (exact) mass is 424 g/mol. The third kappa shape index (κ3) is 5.25. The Morgan fingerprint density at radius 2 is 1.81 bits per heavy atom. The molecule has 1 aromatic carbocycles. The van der Waals surface area contributed by atoms with Crippen molar-refractivity contribution < 1.29 is 9.53 Å². The number of amides is 1. The zero-order valence-electron chi connectivity index (χ0n) is 18.5. The molecule has 0 atom stereocenters. The van der Waals surface area contributed by atoms with E-state index in [2.05, 4.69) is 54.2 Å². The van der Waals surface area contributed by atoms with Gasteiger partial charge in [0.2, 0.25) is 5.91 Å². The fourth-order valence-electron chi connectivity index (χ4n) is 4.19. The first-order chi connectivity index (χ1) is 15.1. The number of carbonyl (C=O) groups excluding carboxylic acids is 1. The predicted molar refractivity (Wildman–Crippen MR) is 123 cm³/mol. The molecule has 2 aliphatic rings. The van der Waals surface area contributed by atoms with Crippen molar-refractivity contribution in [1.29, 1.82) is 0 Å². The van der Waals surface area contributed by atoms with Gasteiger partial charge in [-0.3, -0.25) is 4.79 Å². The van der Waals surface area contributed by atoms with Gasteiger partial charge < -0.3 is 24.8 Å². The van der Waals surface area contributed by atoms with E-state index in [9.17, 15) is 4.79 Å². The molecule has 1 amide bonds. The first kappa shape index (κ1) is 21.4. The summed E-state index contributed by atoms with van der Waals surface area (Å²) in [6.07, 6.45) is 5.18. The van der Waals surface area contributed by atoms with E-state index in [0.717, 1.165) is 75.0 Å². The molecule has 0 spiro atoms. The first-order valence-corrected chi connectivity index (χ1v) is 11.0. The van der Waals surface area contributed by atoms with Gasteiger partial charge in [-0.1, -0.05) is 12.1 Å². The van der Waals surface area contributed by atoms with Crippen LogP contribution < -0.4 is 20.0 Å². The SMILES string of the molecule is CN(C)c1ccc(CNC(=O)C2CCN(c3cncnc3N3CCOCC3)CC2)cc1. The third-order valence-corrected chi connectivity index (χ3v) is 6.11. The van der Waals surface area contributed by atoms with E-state index in [-0.39, 0.29) is 11.8 Å². The highest BCUT2D eigenvalue weighted by atomic mass is 16.5. The maximum absolute atomic E-state index is 12.7. The van der Waals surface area contributed by atoms with E-state index >= 15 is 0 Å². The molecule has 166 valence electrons. The molecule has 0 unspecified atom stereocenters. The molecular formula is C23H32N6O2. The molecule has 1 N–H and O–H groups in total. The van der Waals surface area contributed by atoms with Crippen LogP contribution in [-0.4, -0.2) is 69.4 Å². The summed E-state index contributed by atoms with van der Waals surface area (Å²) in [4.78, 5) is 28.2. The number of aromatic nitrogens is 2. The Morgan fingerprint density at radius 3 is 2.48 bits per heavy atom. The van der Waals surface area contributed by atoms with E-state index in [0.29, 0.717) is 6.54 Å². The first-order valence-electron chi connectivity index (χ1n) is 11.0. The van der Waals surface area contributed by atoms with Gasteiger partial charge in [0.25, 0.3) is 0 Å². The van der Waals surface area contributed by atoms with E-state index in [1.807, 2.05) is 20.3 Å². The highest BCUT2D eigenvalue weighted by Gasteiger charge is 2.27. The summed E-state index contributed by atoms with van der Waals surface area (Å²) in [5.74, 6) is 1.17. The van der Waals surface area contributed by atoms with Crippen molar-refractivity contribution >= 4 is 23.1 Å². The van der Waals surface area contributed by atoms with Crippen LogP contribution in [0.2, 0.25) is 0 Å². The molecule has 0 saturated carbocycles. The molecule has 0 bridgehead atoms. The lowest BCUT2D eigenvalue weighted by atomic mass is 9.95. The molecule has 4 rings (SSSR count). The number of morpholine rings is 1. The van der Waals surface area contributed by atoms with Crippen molar-refractivity contribution in [2.24, 2.45) is 5.92 Å². The highest BCUT2D eigenvalue weighted by molar-refractivity contribution is 5.79. The fraction of sp³-hybridized carbons (Fsp3) is 0.522. The summed E-state index contributed by atoms with van der Waals surface area (Å²) in [5.41, 5.74) is 3.33. The van der Waals surface area contributed by atoms with E-state index in [4.69, 9.17) is 4.74 Å². The van der Waals surface area contributed by atoms with Crippen LogP contribution in [0.5, 0.6) is 0 Å². The minimum absolute atomic E-state index is 0.0498. The van der Waals surface area contributed by atoms with Gasteiger partial charge in [-0.25, -0.2) is 9.97 Å². The number of nitrogens with one attached hydrogen (secondary N) is 1. The molecule has 0 radical (unpaired) electrons. The van der Waals surface area contributed by atoms with Gasteiger partial charge in [-0.05, 0) is 30.5 Å². The second-order valence-corrected chi connectivity index (χ2v) is 8.37. The summed E-state index contributed by atoms with van der Waals surface area (Å²) in [6.45, 7) is 5.38. The maximum atomic E-state index is 12.7. The number of carbonyl (C=O) groups is 1. The molecule has 8 nitrogen and oxygen atoms in total. The molecule has 2 aliphatic heterocycles. The number of anilines is 3. The topological polar surface area (TPSA) is 73.8 Å². The number of rotatable bonds is 6. The van der Waals surface area contributed by atoms with Crippen LogP contribution in [0.15, 0.2) is 36.8 Å². The largest absolute Gasteiger partial charge is 0.378 e. The molecule has 0 aliphatic carbocycles. The van der Waals surface area contributed by atoms with Crippen molar-refractivity contribution in [3.63, 3.8) is 0 Å². The van der Waals surface area contributed by atoms with Gasteiger partial charge in [0.15, 0.2) is 5.82 Å². The summed E-state index contributed by atoms with van der Waals surface area (Å²) in [7, 11) is 4.04. The minimum atomic E-state index is 0.0498. The van der Waals surface area contributed by atoms with Crippen molar-refractivity contribution in [1.82, 2.24) is 15.3 Å². The van der Waals surface area contributed by atoms with Gasteiger partial charge >= 0.3 is 0 Å². The molecule has 3 heterocycles. The Bertz CT molecular complexity index is 859. The van der Waals surface area contributed by atoms with Crippen molar-refractivity contribution in [3.05, 3.63) is 42.4 Å². The van der Waals surface area contributed by atoms with Gasteiger partial charge in [0.05, 0.1) is 25.1 Å². The lowest BCUT2D eigenvalue weighted by Crippen LogP contribution is -2.42. The minimum Gasteiger partial charge on any atom is -0.378 e. The third-order valence-electron chi connectivity index (χ3n) is 6.11. The lowest BCUT2D eigenvalue weighted by molar-refractivity contribution is -0.125. The number of hydrogen-bond acceptors (Lipinski definition) is 7. The second-order valence-electron chi connectivity index (χ2n) is 8.37. The molecular weight excluding hydrogens is 392 g/mol. The normalized spacial score (nSPS) is 17.5. The van der Waals surface area contributed by atoms with Crippen LogP contribution >= 0.6 is 0 Å². The summed E-state index contributed by atoms with van der Waals surface area (Å²) < 4.78 is 5.47. The Kier molecular flexibility index (Phi) is 6.86. The van der Waals surface area contributed by atoms with E-state index in [1.165, 1.54) is 0 Å². The van der Waals surface area contributed by atoms with Gasteiger partial charge in [-0.2, -0.15) is 0 Å². The highest BCUT2D eigenvalue weighted by Crippen LogP contribution is 2.30.